The summed E-state index contributed by atoms with van der Waals surface area (Å²) in [5, 5.41) is 0. The molecule has 0 radical (unpaired) electrons. The summed E-state index contributed by atoms with van der Waals surface area (Å²) in [6.45, 7) is 0.173. The molecule has 0 fully saturated rings. The summed E-state index contributed by atoms with van der Waals surface area (Å²) >= 11 is 0. The Labute approximate surface area is 120 Å². The number of aldehydes is 1. The Bertz CT molecular complexity index is 607. The van der Waals surface area contributed by atoms with Gasteiger partial charge in [0.15, 0.2) is 0 Å². The Morgan fingerprint density at radius 2 is 1.76 bits per heavy atom. The molecule has 0 atom stereocenters. The minimum Gasteiger partial charge on any atom is -0.489 e. The highest BCUT2D eigenvalue weighted by atomic mass is 19.4. The number of hydrogen-bond donors (Lipinski definition) is 0. The van der Waals surface area contributed by atoms with Crippen molar-refractivity contribution in [3.8, 4) is 5.75 Å². The minimum atomic E-state index is -4.35. The molecule has 0 heterocycles. The summed E-state index contributed by atoms with van der Waals surface area (Å²) in [5.74, 6) is 0.141. The Kier molecular flexibility index (Phi) is 4.62. The van der Waals surface area contributed by atoms with E-state index in [1.165, 1.54) is 18.2 Å². The van der Waals surface area contributed by atoms with Gasteiger partial charge in [-0.25, -0.2) is 0 Å². The summed E-state index contributed by atoms with van der Waals surface area (Å²) in [4.78, 5) is 10.7. The summed E-state index contributed by atoms with van der Waals surface area (Å²) in [6, 6.07) is 13.2. The van der Waals surface area contributed by atoms with Gasteiger partial charge >= 0.3 is 6.18 Å². The molecule has 0 aliphatic carbocycles. The molecule has 2 aromatic rings. The van der Waals surface area contributed by atoms with Gasteiger partial charge < -0.3 is 4.74 Å². The third-order valence-corrected chi connectivity index (χ3v) is 2.85. The van der Waals surface area contributed by atoms with E-state index in [2.05, 4.69) is 0 Å². The molecule has 0 bridgehead atoms. The zero-order chi connectivity index (χ0) is 15.3. The van der Waals surface area contributed by atoms with Gasteiger partial charge in [-0.05, 0) is 23.8 Å². The van der Waals surface area contributed by atoms with Crippen molar-refractivity contribution >= 4 is 6.29 Å². The average molecular weight is 294 g/mol. The molecular formula is C16H13F3O2. The minimum absolute atomic E-state index is 0.0389. The lowest BCUT2D eigenvalue weighted by Crippen LogP contribution is -2.13. The standard InChI is InChI=1S/C16H13F3O2/c17-16(18,19)9-14-8-13(10-20)6-7-15(14)21-11-12-4-2-1-3-5-12/h1-8,10H,9,11H2. The van der Waals surface area contributed by atoms with Gasteiger partial charge in [0.05, 0.1) is 6.42 Å². The number of carbonyl (C=O) groups is 1. The van der Waals surface area contributed by atoms with Crippen LogP contribution >= 0.6 is 0 Å². The molecule has 0 N–H and O–H groups in total. The van der Waals surface area contributed by atoms with Gasteiger partial charge in [0.1, 0.15) is 18.6 Å². The Hall–Kier alpha value is -2.30. The number of alkyl halides is 3. The zero-order valence-electron chi connectivity index (χ0n) is 11.1. The first-order valence-corrected chi connectivity index (χ1v) is 6.29. The van der Waals surface area contributed by atoms with E-state index in [-0.39, 0.29) is 23.5 Å². The van der Waals surface area contributed by atoms with Gasteiger partial charge in [-0.15, -0.1) is 0 Å². The molecule has 2 aromatic carbocycles. The number of carbonyl (C=O) groups excluding carboxylic acids is 1. The normalized spacial score (nSPS) is 11.2. The number of benzene rings is 2. The van der Waals surface area contributed by atoms with Crippen LogP contribution in [0.5, 0.6) is 5.75 Å². The van der Waals surface area contributed by atoms with Gasteiger partial charge in [0.25, 0.3) is 0 Å². The molecule has 0 unspecified atom stereocenters. The van der Waals surface area contributed by atoms with Crippen molar-refractivity contribution < 1.29 is 22.7 Å². The zero-order valence-corrected chi connectivity index (χ0v) is 11.1. The fraction of sp³-hybridized carbons (Fsp3) is 0.188. The van der Waals surface area contributed by atoms with Crippen molar-refractivity contribution in [2.45, 2.75) is 19.2 Å². The molecule has 2 nitrogen and oxygen atoms in total. The van der Waals surface area contributed by atoms with Crippen LogP contribution < -0.4 is 4.74 Å². The third-order valence-electron chi connectivity index (χ3n) is 2.85. The number of ether oxygens (including phenoxy) is 1. The van der Waals surface area contributed by atoms with Crippen LogP contribution in [0, 0.1) is 0 Å². The van der Waals surface area contributed by atoms with E-state index in [1.54, 1.807) is 0 Å². The highest BCUT2D eigenvalue weighted by molar-refractivity contribution is 5.75. The summed E-state index contributed by atoms with van der Waals surface area (Å²) in [6.07, 6.45) is -4.97. The van der Waals surface area contributed by atoms with Crippen LogP contribution in [0.25, 0.3) is 0 Å². The predicted octanol–water partition coefficient (Wildman–Crippen LogP) is 4.18. The Morgan fingerprint density at radius 1 is 1.05 bits per heavy atom. The maximum absolute atomic E-state index is 12.6. The van der Waals surface area contributed by atoms with E-state index in [0.717, 1.165) is 5.56 Å². The second-order valence-corrected chi connectivity index (χ2v) is 4.55. The molecule has 0 aliphatic heterocycles. The fourth-order valence-corrected chi connectivity index (χ4v) is 1.90. The Balaban J connectivity index is 2.19. The van der Waals surface area contributed by atoms with Crippen LogP contribution in [0.4, 0.5) is 13.2 Å². The quantitative estimate of drug-likeness (QED) is 0.773. The fourth-order valence-electron chi connectivity index (χ4n) is 1.90. The van der Waals surface area contributed by atoms with Crippen molar-refractivity contribution in [2.24, 2.45) is 0 Å². The van der Waals surface area contributed by atoms with Crippen LogP contribution in [0.2, 0.25) is 0 Å². The number of hydrogen-bond acceptors (Lipinski definition) is 2. The van der Waals surface area contributed by atoms with Crippen molar-refractivity contribution in [3.63, 3.8) is 0 Å². The SMILES string of the molecule is O=Cc1ccc(OCc2ccccc2)c(CC(F)(F)F)c1. The first-order valence-electron chi connectivity index (χ1n) is 6.29. The van der Waals surface area contributed by atoms with Gasteiger partial charge in [0, 0.05) is 11.1 Å². The molecular weight excluding hydrogens is 281 g/mol. The molecule has 0 amide bonds. The smallest absolute Gasteiger partial charge is 0.393 e. The lowest BCUT2D eigenvalue weighted by atomic mass is 10.1. The second-order valence-electron chi connectivity index (χ2n) is 4.55. The molecule has 0 aliphatic rings. The highest BCUT2D eigenvalue weighted by Crippen LogP contribution is 2.28. The van der Waals surface area contributed by atoms with Crippen molar-refractivity contribution in [3.05, 3.63) is 65.2 Å². The van der Waals surface area contributed by atoms with Crippen LogP contribution in [-0.4, -0.2) is 12.5 Å². The van der Waals surface area contributed by atoms with E-state index in [4.69, 9.17) is 4.74 Å². The van der Waals surface area contributed by atoms with Gasteiger partial charge in [0.2, 0.25) is 0 Å². The average Bonchev–Trinajstić information content (AvgIpc) is 2.45. The molecule has 0 saturated carbocycles. The van der Waals surface area contributed by atoms with E-state index in [0.29, 0.717) is 6.29 Å². The largest absolute Gasteiger partial charge is 0.489 e. The molecule has 0 aromatic heterocycles. The lowest BCUT2D eigenvalue weighted by molar-refractivity contribution is -0.127. The second kappa shape index (κ2) is 6.43. The summed E-state index contributed by atoms with van der Waals surface area (Å²) < 4.78 is 43.2. The first kappa shape index (κ1) is 15.1. The monoisotopic (exact) mass is 294 g/mol. The van der Waals surface area contributed by atoms with Crippen LogP contribution in [0.1, 0.15) is 21.5 Å². The third kappa shape index (κ3) is 4.63. The molecule has 0 spiro atoms. The van der Waals surface area contributed by atoms with Crippen molar-refractivity contribution in [1.82, 2.24) is 0 Å². The Morgan fingerprint density at radius 3 is 2.38 bits per heavy atom. The lowest BCUT2D eigenvalue weighted by Gasteiger charge is -2.14. The number of halogens is 3. The first-order chi connectivity index (χ1) is 9.98. The summed E-state index contributed by atoms with van der Waals surface area (Å²) in [7, 11) is 0. The molecule has 110 valence electrons. The summed E-state index contributed by atoms with van der Waals surface area (Å²) in [5.41, 5.74) is 1.01. The van der Waals surface area contributed by atoms with E-state index in [1.807, 2.05) is 30.3 Å². The van der Waals surface area contributed by atoms with E-state index >= 15 is 0 Å². The molecule has 5 heteroatoms. The maximum atomic E-state index is 12.6. The van der Waals surface area contributed by atoms with Crippen LogP contribution in [0.3, 0.4) is 0 Å². The van der Waals surface area contributed by atoms with Gasteiger partial charge in [-0.2, -0.15) is 13.2 Å². The maximum Gasteiger partial charge on any atom is 0.393 e. The molecule has 21 heavy (non-hydrogen) atoms. The van der Waals surface area contributed by atoms with Gasteiger partial charge in [-0.3, -0.25) is 4.79 Å². The predicted molar refractivity (Wildman–Crippen MR) is 72.4 cm³/mol. The van der Waals surface area contributed by atoms with Crippen LogP contribution in [-0.2, 0) is 13.0 Å². The highest BCUT2D eigenvalue weighted by Gasteiger charge is 2.29. The molecule has 0 saturated heterocycles. The van der Waals surface area contributed by atoms with Gasteiger partial charge in [-0.1, -0.05) is 30.3 Å². The number of rotatable bonds is 5. The topological polar surface area (TPSA) is 26.3 Å². The molecule has 2 rings (SSSR count). The van der Waals surface area contributed by atoms with E-state index in [9.17, 15) is 18.0 Å². The van der Waals surface area contributed by atoms with Crippen molar-refractivity contribution in [2.75, 3.05) is 0 Å². The van der Waals surface area contributed by atoms with E-state index < -0.39 is 12.6 Å². The van der Waals surface area contributed by atoms with Crippen molar-refractivity contribution in [1.29, 1.82) is 0 Å². The van der Waals surface area contributed by atoms with Crippen LogP contribution in [0.15, 0.2) is 48.5 Å².